The highest BCUT2D eigenvalue weighted by Crippen LogP contribution is 2.51. The van der Waals surface area contributed by atoms with Crippen LogP contribution in [0.15, 0.2) is 35.7 Å². The molecule has 1 aliphatic heterocycles. The van der Waals surface area contributed by atoms with Crippen molar-refractivity contribution in [3.8, 4) is 0 Å². The minimum absolute atomic E-state index is 0.0155. The molecule has 0 radical (unpaired) electrons. The second kappa shape index (κ2) is 5.54. The van der Waals surface area contributed by atoms with E-state index in [-0.39, 0.29) is 29.1 Å². The van der Waals surface area contributed by atoms with Crippen LogP contribution >= 0.6 is 0 Å². The molecule has 0 bridgehead atoms. The summed E-state index contributed by atoms with van der Waals surface area (Å²) in [5, 5.41) is 0. The number of likely N-dealkylation sites (tertiary alicyclic amines) is 1. The number of nitrogens with zero attached hydrogens (tertiary/aromatic N) is 2. The molecule has 0 saturated carbocycles. The minimum atomic E-state index is -0.148. The summed E-state index contributed by atoms with van der Waals surface area (Å²) in [6, 6.07) is 3.76. The molecule has 3 aliphatic rings. The number of hydrogen-bond acceptors (Lipinski definition) is 3. The van der Waals surface area contributed by atoms with Crippen LogP contribution in [0.5, 0.6) is 0 Å². The molecule has 2 atom stereocenters. The van der Waals surface area contributed by atoms with Crippen molar-refractivity contribution in [2.24, 2.45) is 17.3 Å². The summed E-state index contributed by atoms with van der Waals surface area (Å²) in [7, 11) is 0. The van der Waals surface area contributed by atoms with Gasteiger partial charge in [0.1, 0.15) is 0 Å². The largest absolute Gasteiger partial charge is 0.278 e. The SMILES string of the molecule is CC1(C)CCCC2=C1C[C@@H]1C(=O)N(Cc3cccnc3)C(=O)[C@H]1C2. The van der Waals surface area contributed by atoms with Gasteiger partial charge in [0.05, 0.1) is 18.4 Å². The summed E-state index contributed by atoms with van der Waals surface area (Å²) >= 11 is 0. The van der Waals surface area contributed by atoms with Gasteiger partial charge in [-0.3, -0.25) is 19.5 Å². The van der Waals surface area contributed by atoms with E-state index in [1.165, 1.54) is 28.9 Å². The Morgan fingerprint density at radius 1 is 1.21 bits per heavy atom. The first-order valence-corrected chi connectivity index (χ1v) is 8.93. The third-order valence-electron chi connectivity index (χ3n) is 6.13. The van der Waals surface area contributed by atoms with Gasteiger partial charge in [-0.2, -0.15) is 0 Å². The lowest BCUT2D eigenvalue weighted by atomic mass is 9.63. The summed E-state index contributed by atoms with van der Waals surface area (Å²) in [6.07, 6.45) is 8.49. The second-order valence-corrected chi connectivity index (χ2v) is 8.06. The van der Waals surface area contributed by atoms with Crippen molar-refractivity contribution in [2.45, 2.75) is 52.5 Å². The van der Waals surface area contributed by atoms with Crippen molar-refractivity contribution < 1.29 is 9.59 Å². The number of allylic oxidation sites excluding steroid dienone is 2. The topological polar surface area (TPSA) is 50.3 Å². The van der Waals surface area contributed by atoms with Crippen LogP contribution in [-0.4, -0.2) is 21.7 Å². The molecule has 126 valence electrons. The molecule has 0 spiro atoms. The van der Waals surface area contributed by atoms with E-state index in [2.05, 4.69) is 18.8 Å². The number of aromatic nitrogens is 1. The maximum Gasteiger partial charge on any atom is 0.233 e. The smallest absolute Gasteiger partial charge is 0.233 e. The van der Waals surface area contributed by atoms with E-state index in [1.54, 1.807) is 12.4 Å². The summed E-state index contributed by atoms with van der Waals surface area (Å²) in [5.41, 5.74) is 4.01. The van der Waals surface area contributed by atoms with Gasteiger partial charge in [-0.05, 0) is 49.1 Å². The average Bonchev–Trinajstić information content (AvgIpc) is 2.79. The monoisotopic (exact) mass is 324 g/mol. The van der Waals surface area contributed by atoms with Gasteiger partial charge in [0.25, 0.3) is 0 Å². The third-order valence-corrected chi connectivity index (χ3v) is 6.13. The first-order chi connectivity index (χ1) is 11.5. The third kappa shape index (κ3) is 2.40. The number of pyridine rings is 1. The molecule has 1 fully saturated rings. The van der Waals surface area contributed by atoms with Crippen LogP contribution in [0.4, 0.5) is 0 Å². The van der Waals surface area contributed by atoms with Crippen LogP contribution in [0.3, 0.4) is 0 Å². The van der Waals surface area contributed by atoms with Gasteiger partial charge in [0.2, 0.25) is 11.8 Å². The first kappa shape index (κ1) is 15.6. The van der Waals surface area contributed by atoms with E-state index in [4.69, 9.17) is 0 Å². The number of fused-ring (bicyclic) bond motifs is 1. The van der Waals surface area contributed by atoms with E-state index in [1.807, 2.05) is 12.1 Å². The Balaban J connectivity index is 1.60. The predicted molar refractivity (Wildman–Crippen MR) is 90.7 cm³/mol. The Kier molecular flexibility index (Phi) is 3.59. The van der Waals surface area contributed by atoms with Crippen molar-refractivity contribution in [2.75, 3.05) is 0 Å². The van der Waals surface area contributed by atoms with Crippen molar-refractivity contribution >= 4 is 11.8 Å². The summed E-state index contributed by atoms with van der Waals surface area (Å²) in [6.45, 7) is 4.93. The highest BCUT2D eigenvalue weighted by molar-refractivity contribution is 6.05. The van der Waals surface area contributed by atoms with Gasteiger partial charge in [-0.25, -0.2) is 0 Å². The normalized spacial score (nSPS) is 28.8. The lowest BCUT2D eigenvalue weighted by Gasteiger charge is -2.40. The van der Waals surface area contributed by atoms with E-state index in [0.717, 1.165) is 24.8 Å². The molecule has 0 aromatic carbocycles. The second-order valence-electron chi connectivity index (χ2n) is 8.06. The van der Waals surface area contributed by atoms with E-state index in [0.29, 0.717) is 6.54 Å². The van der Waals surface area contributed by atoms with Crippen LogP contribution in [0.1, 0.15) is 51.5 Å². The van der Waals surface area contributed by atoms with Gasteiger partial charge >= 0.3 is 0 Å². The van der Waals surface area contributed by atoms with Crippen molar-refractivity contribution in [3.05, 3.63) is 41.2 Å². The number of imide groups is 1. The van der Waals surface area contributed by atoms with Crippen LogP contribution in [0.25, 0.3) is 0 Å². The maximum absolute atomic E-state index is 12.9. The maximum atomic E-state index is 12.9. The van der Waals surface area contributed by atoms with E-state index < -0.39 is 0 Å². The highest BCUT2D eigenvalue weighted by Gasteiger charge is 2.51. The molecular weight excluding hydrogens is 300 g/mol. The molecular formula is C20H24N2O2. The van der Waals surface area contributed by atoms with Crippen LogP contribution in [0.2, 0.25) is 0 Å². The van der Waals surface area contributed by atoms with Crippen molar-refractivity contribution in [3.63, 3.8) is 0 Å². The molecule has 4 rings (SSSR count). The first-order valence-electron chi connectivity index (χ1n) is 8.93. The molecule has 24 heavy (non-hydrogen) atoms. The Bertz CT molecular complexity index is 720. The Morgan fingerprint density at radius 2 is 1.96 bits per heavy atom. The number of rotatable bonds is 2. The van der Waals surface area contributed by atoms with Crippen LogP contribution in [0, 0.1) is 17.3 Å². The van der Waals surface area contributed by atoms with Gasteiger partial charge in [0.15, 0.2) is 0 Å². The zero-order chi connectivity index (χ0) is 16.9. The number of amides is 2. The summed E-state index contributed by atoms with van der Waals surface area (Å²) in [5.74, 6) is -0.252. The molecule has 2 aliphatic carbocycles. The summed E-state index contributed by atoms with van der Waals surface area (Å²) in [4.78, 5) is 31.3. The summed E-state index contributed by atoms with van der Waals surface area (Å²) < 4.78 is 0. The van der Waals surface area contributed by atoms with Gasteiger partial charge in [-0.1, -0.05) is 31.1 Å². The fraction of sp³-hybridized carbons (Fsp3) is 0.550. The molecule has 2 amide bonds. The molecule has 2 heterocycles. The fourth-order valence-electron chi connectivity index (χ4n) is 4.80. The van der Waals surface area contributed by atoms with E-state index >= 15 is 0 Å². The molecule has 0 N–H and O–H groups in total. The standard InChI is InChI=1S/C20H24N2O2/c1-20(2)7-3-6-14-9-15-16(10-17(14)20)19(24)22(18(15)23)12-13-5-4-8-21-11-13/h4-5,8,11,15-16H,3,6-7,9-10,12H2,1-2H3/t15-,16-/m0/s1. The molecule has 1 aromatic heterocycles. The molecule has 4 nitrogen and oxygen atoms in total. The van der Waals surface area contributed by atoms with Gasteiger partial charge in [-0.15, -0.1) is 0 Å². The van der Waals surface area contributed by atoms with Gasteiger partial charge in [0, 0.05) is 12.4 Å². The lowest BCUT2D eigenvalue weighted by molar-refractivity contribution is -0.140. The van der Waals surface area contributed by atoms with E-state index in [9.17, 15) is 9.59 Å². The van der Waals surface area contributed by atoms with Gasteiger partial charge < -0.3 is 0 Å². The van der Waals surface area contributed by atoms with Crippen LogP contribution in [-0.2, 0) is 16.1 Å². The van der Waals surface area contributed by atoms with Crippen molar-refractivity contribution in [1.82, 2.24) is 9.88 Å². The fourth-order valence-corrected chi connectivity index (χ4v) is 4.80. The molecule has 1 saturated heterocycles. The zero-order valence-electron chi connectivity index (χ0n) is 14.4. The number of carbonyl (C=O) groups is 2. The number of carbonyl (C=O) groups excluding carboxylic acids is 2. The Hall–Kier alpha value is -1.97. The Labute approximate surface area is 143 Å². The lowest BCUT2D eigenvalue weighted by Crippen LogP contribution is -2.32. The molecule has 4 heteroatoms. The van der Waals surface area contributed by atoms with Crippen molar-refractivity contribution in [1.29, 1.82) is 0 Å². The minimum Gasteiger partial charge on any atom is -0.278 e. The average molecular weight is 324 g/mol. The Morgan fingerprint density at radius 3 is 2.67 bits per heavy atom. The number of hydrogen-bond donors (Lipinski definition) is 0. The van der Waals surface area contributed by atoms with Crippen LogP contribution < -0.4 is 0 Å². The predicted octanol–water partition coefficient (Wildman–Crippen LogP) is 3.48. The highest BCUT2D eigenvalue weighted by atomic mass is 16.2. The zero-order valence-corrected chi connectivity index (χ0v) is 14.4. The molecule has 1 aromatic rings. The quantitative estimate of drug-likeness (QED) is 0.618. The molecule has 0 unspecified atom stereocenters.